The van der Waals surface area contributed by atoms with Crippen LogP contribution in [0.25, 0.3) is 0 Å². The van der Waals surface area contributed by atoms with Gasteiger partial charge in [0.15, 0.2) is 0 Å². The van der Waals surface area contributed by atoms with Crippen molar-refractivity contribution in [3.63, 3.8) is 0 Å². The highest BCUT2D eigenvalue weighted by Gasteiger charge is 2.44. The lowest BCUT2D eigenvalue weighted by molar-refractivity contribution is -0.165. The van der Waals surface area contributed by atoms with Gasteiger partial charge in [-0.2, -0.15) is 13.2 Å². The first-order valence-electron chi connectivity index (χ1n) is 6.09. The first kappa shape index (κ1) is 18.8. The zero-order valence-corrected chi connectivity index (χ0v) is 12.9. The summed E-state index contributed by atoms with van der Waals surface area (Å²) < 4.78 is 65.7. The minimum atomic E-state index is -4.83. The van der Waals surface area contributed by atoms with Gasteiger partial charge in [0.2, 0.25) is 5.92 Å². The van der Waals surface area contributed by atoms with Crippen molar-refractivity contribution in [1.29, 1.82) is 0 Å². The van der Waals surface area contributed by atoms with Gasteiger partial charge in [0.1, 0.15) is 12.1 Å². The minimum absolute atomic E-state index is 0.263. The normalized spacial score (nSPS) is 15.4. The standard InChI is InChI=1S/C13H13BrF5NO2/c1-12(15,16)6-9(11(21)22)20-10(13(17,18)19)7-2-4-8(14)5-3-7/h2-5,9-10,20H,6H2,1H3,(H,21,22)/t9-,10-/m0/s1. The van der Waals surface area contributed by atoms with Crippen molar-refractivity contribution in [3.8, 4) is 0 Å². The molecule has 3 nitrogen and oxygen atoms in total. The molecule has 0 radical (unpaired) electrons. The smallest absolute Gasteiger partial charge is 0.407 e. The number of nitrogens with one attached hydrogen (secondary N) is 1. The molecule has 1 aromatic rings. The van der Waals surface area contributed by atoms with E-state index in [4.69, 9.17) is 5.11 Å². The summed E-state index contributed by atoms with van der Waals surface area (Å²) in [5.41, 5.74) is -0.263. The van der Waals surface area contributed by atoms with Crippen LogP contribution in [0, 0.1) is 0 Å². The Labute approximate surface area is 131 Å². The van der Waals surface area contributed by atoms with E-state index in [2.05, 4.69) is 15.9 Å². The predicted molar refractivity (Wildman–Crippen MR) is 72.7 cm³/mol. The summed E-state index contributed by atoms with van der Waals surface area (Å²) in [5.74, 6) is -5.18. The number of aliphatic carboxylic acids is 1. The maximum absolute atomic E-state index is 13.1. The average molecular weight is 390 g/mol. The highest BCUT2D eigenvalue weighted by Crippen LogP contribution is 2.34. The van der Waals surface area contributed by atoms with Crippen molar-refractivity contribution in [2.75, 3.05) is 0 Å². The van der Waals surface area contributed by atoms with Gasteiger partial charge < -0.3 is 5.11 Å². The molecule has 2 N–H and O–H groups in total. The SMILES string of the molecule is CC(F)(F)C[C@H](N[C@@H](c1ccc(Br)cc1)C(F)(F)F)C(=O)O. The number of carboxylic acids is 1. The molecule has 0 amide bonds. The van der Waals surface area contributed by atoms with E-state index in [-0.39, 0.29) is 5.56 Å². The van der Waals surface area contributed by atoms with Crippen molar-refractivity contribution >= 4 is 21.9 Å². The fraction of sp³-hybridized carbons (Fsp3) is 0.462. The second kappa shape index (κ2) is 6.91. The molecule has 0 aromatic heterocycles. The maximum atomic E-state index is 13.1. The van der Waals surface area contributed by atoms with E-state index in [1.807, 2.05) is 0 Å². The fourth-order valence-electron chi connectivity index (χ4n) is 1.81. The molecular weight excluding hydrogens is 377 g/mol. The Morgan fingerprint density at radius 3 is 2.09 bits per heavy atom. The highest BCUT2D eigenvalue weighted by atomic mass is 79.9. The van der Waals surface area contributed by atoms with Gasteiger partial charge in [-0.3, -0.25) is 10.1 Å². The van der Waals surface area contributed by atoms with Gasteiger partial charge in [-0.15, -0.1) is 0 Å². The average Bonchev–Trinajstić information content (AvgIpc) is 2.32. The Kier molecular flexibility index (Phi) is 5.91. The first-order valence-corrected chi connectivity index (χ1v) is 6.88. The Morgan fingerprint density at radius 2 is 1.73 bits per heavy atom. The lowest BCUT2D eigenvalue weighted by atomic mass is 10.0. The summed E-state index contributed by atoms with van der Waals surface area (Å²) in [6, 6.07) is 0.579. The van der Waals surface area contributed by atoms with Crippen LogP contribution >= 0.6 is 15.9 Å². The van der Waals surface area contributed by atoms with Crippen LogP contribution in [0.2, 0.25) is 0 Å². The summed E-state index contributed by atoms with van der Waals surface area (Å²) >= 11 is 3.06. The number of halogens is 6. The topological polar surface area (TPSA) is 49.3 Å². The molecule has 124 valence electrons. The Balaban J connectivity index is 3.07. The number of hydrogen-bond acceptors (Lipinski definition) is 2. The molecule has 0 unspecified atom stereocenters. The van der Waals surface area contributed by atoms with Crippen molar-refractivity contribution < 1.29 is 31.9 Å². The molecular formula is C13H13BrF5NO2. The Morgan fingerprint density at radius 1 is 1.23 bits per heavy atom. The quantitative estimate of drug-likeness (QED) is 0.718. The molecule has 0 saturated heterocycles. The van der Waals surface area contributed by atoms with E-state index in [1.165, 1.54) is 12.1 Å². The largest absolute Gasteiger partial charge is 0.480 e. The van der Waals surface area contributed by atoms with Gasteiger partial charge in [0, 0.05) is 10.9 Å². The third-order valence-electron chi connectivity index (χ3n) is 2.76. The van der Waals surface area contributed by atoms with Crippen LogP contribution in [-0.4, -0.2) is 29.2 Å². The molecule has 0 saturated carbocycles. The van der Waals surface area contributed by atoms with Crippen LogP contribution in [0.15, 0.2) is 28.7 Å². The van der Waals surface area contributed by atoms with E-state index < -0.39 is 36.6 Å². The number of carboxylic acid groups (broad SMARTS) is 1. The predicted octanol–water partition coefficient (Wildman–Crippen LogP) is 4.14. The number of benzene rings is 1. The van der Waals surface area contributed by atoms with Gasteiger partial charge in [0.25, 0.3) is 0 Å². The summed E-state index contributed by atoms with van der Waals surface area (Å²) in [4.78, 5) is 11.0. The lowest BCUT2D eigenvalue weighted by Crippen LogP contribution is -2.46. The summed E-state index contributed by atoms with van der Waals surface area (Å²) in [6.07, 6.45) is -6.07. The fourth-order valence-corrected chi connectivity index (χ4v) is 2.08. The maximum Gasteiger partial charge on any atom is 0.407 e. The zero-order chi connectivity index (χ0) is 17.1. The van der Waals surface area contributed by atoms with Gasteiger partial charge in [0.05, 0.1) is 0 Å². The molecule has 0 spiro atoms. The molecule has 9 heteroatoms. The van der Waals surface area contributed by atoms with Crippen LogP contribution in [0.5, 0.6) is 0 Å². The van der Waals surface area contributed by atoms with Crippen LogP contribution in [0.1, 0.15) is 24.9 Å². The van der Waals surface area contributed by atoms with E-state index in [0.29, 0.717) is 11.4 Å². The van der Waals surface area contributed by atoms with Crippen molar-refractivity contribution in [2.24, 2.45) is 0 Å². The molecule has 1 rings (SSSR count). The summed E-state index contributed by atoms with van der Waals surface area (Å²) in [5, 5.41) is 10.6. The van der Waals surface area contributed by atoms with Gasteiger partial charge >= 0.3 is 12.1 Å². The second-order valence-electron chi connectivity index (χ2n) is 4.86. The molecule has 1 aromatic carbocycles. The molecule has 0 aliphatic carbocycles. The minimum Gasteiger partial charge on any atom is -0.480 e. The first-order chi connectivity index (χ1) is 9.90. The monoisotopic (exact) mass is 389 g/mol. The zero-order valence-electron chi connectivity index (χ0n) is 11.3. The third-order valence-corrected chi connectivity index (χ3v) is 3.29. The van der Waals surface area contributed by atoms with Crippen molar-refractivity contribution in [1.82, 2.24) is 5.32 Å². The second-order valence-corrected chi connectivity index (χ2v) is 5.77. The summed E-state index contributed by atoms with van der Waals surface area (Å²) in [6.45, 7) is 0.451. The number of carbonyl (C=O) groups is 1. The van der Waals surface area contributed by atoms with E-state index in [0.717, 1.165) is 12.1 Å². The Bertz CT molecular complexity index is 513. The molecule has 2 atom stereocenters. The number of hydrogen-bond donors (Lipinski definition) is 2. The molecule has 22 heavy (non-hydrogen) atoms. The molecule has 0 aliphatic rings. The summed E-state index contributed by atoms with van der Waals surface area (Å²) in [7, 11) is 0. The van der Waals surface area contributed by atoms with Gasteiger partial charge in [-0.25, -0.2) is 8.78 Å². The Hall–Kier alpha value is -1.22. The van der Waals surface area contributed by atoms with E-state index >= 15 is 0 Å². The van der Waals surface area contributed by atoms with Crippen molar-refractivity contribution in [2.45, 2.75) is 37.5 Å². The van der Waals surface area contributed by atoms with Crippen LogP contribution in [-0.2, 0) is 4.79 Å². The van der Waals surface area contributed by atoms with Crippen LogP contribution in [0.3, 0.4) is 0 Å². The molecule has 0 bridgehead atoms. The van der Waals surface area contributed by atoms with Crippen LogP contribution < -0.4 is 5.32 Å². The lowest BCUT2D eigenvalue weighted by Gasteiger charge is -2.27. The van der Waals surface area contributed by atoms with Gasteiger partial charge in [-0.05, 0) is 24.6 Å². The van der Waals surface area contributed by atoms with Crippen molar-refractivity contribution in [3.05, 3.63) is 34.3 Å². The number of alkyl halides is 5. The number of rotatable bonds is 6. The molecule has 0 fully saturated rings. The van der Waals surface area contributed by atoms with E-state index in [1.54, 1.807) is 5.32 Å². The van der Waals surface area contributed by atoms with E-state index in [9.17, 15) is 26.7 Å². The third kappa shape index (κ3) is 5.88. The highest BCUT2D eigenvalue weighted by molar-refractivity contribution is 9.10. The van der Waals surface area contributed by atoms with Gasteiger partial charge in [-0.1, -0.05) is 28.1 Å². The molecule has 0 aliphatic heterocycles. The molecule has 0 heterocycles. The van der Waals surface area contributed by atoms with Crippen LogP contribution in [0.4, 0.5) is 22.0 Å².